The van der Waals surface area contributed by atoms with E-state index in [0.717, 1.165) is 24.3 Å². The molecule has 0 heterocycles. The Morgan fingerprint density at radius 1 is 0.368 bits per heavy atom. The number of rotatable bonds is 6. The van der Waals surface area contributed by atoms with Gasteiger partial charge in [0.15, 0.2) is 93.0 Å². The van der Waals surface area contributed by atoms with Gasteiger partial charge >= 0.3 is 13.0 Å². The summed E-state index contributed by atoms with van der Waals surface area (Å²) in [6, 6.07) is 5.93. The van der Waals surface area contributed by atoms with Crippen molar-refractivity contribution in [2.75, 3.05) is 0 Å². The van der Waals surface area contributed by atoms with Crippen molar-refractivity contribution in [3.05, 3.63) is 146 Å². The third kappa shape index (κ3) is 5.38. The average Bonchev–Trinajstić information content (AvgIpc) is 3.43. The van der Waals surface area contributed by atoms with Crippen molar-refractivity contribution >= 4 is 23.4 Å². The molecule has 0 bridgehead atoms. The second-order valence-corrected chi connectivity index (χ2v) is 11.8. The Bertz CT molecular complexity index is 2740. The highest BCUT2D eigenvalue weighted by molar-refractivity contribution is 6.64. The molecule has 2 nitrogen and oxygen atoms in total. The van der Waals surface area contributed by atoms with E-state index in [4.69, 9.17) is 9.31 Å². The first-order chi connectivity index (χ1) is 26.7. The number of hydrogen-bond donors (Lipinski definition) is 0. The van der Waals surface area contributed by atoms with Gasteiger partial charge in [-0.3, -0.25) is 0 Å². The molecule has 0 spiro atoms. The van der Waals surface area contributed by atoms with Crippen LogP contribution in [0.1, 0.15) is 11.1 Å². The van der Waals surface area contributed by atoms with Gasteiger partial charge in [0.25, 0.3) is 0 Å². The maximum absolute atomic E-state index is 16.0. The number of alkyl halides is 2. The largest absolute Gasteiger partial charge is 0.636 e. The van der Waals surface area contributed by atoms with E-state index < -0.39 is 168 Å². The Morgan fingerprint density at radius 2 is 0.789 bits per heavy atom. The molecule has 0 aromatic heterocycles. The monoisotopic (exact) mass is 830 g/mol. The second kappa shape index (κ2) is 13.3. The molecular weight excluding hydrogens is 824 g/mol. The van der Waals surface area contributed by atoms with Crippen molar-refractivity contribution in [3.63, 3.8) is 0 Å². The molecule has 0 atom stereocenters. The van der Waals surface area contributed by atoms with Crippen LogP contribution in [-0.2, 0) is 5.92 Å². The Hall–Kier alpha value is -6.09. The van der Waals surface area contributed by atoms with E-state index in [-0.39, 0.29) is 5.39 Å². The van der Waals surface area contributed by atoms with Crippen LogP contribution in [0.25, 0.3) is 33.0 Å². The lowest BCUT2D eigenvalue weighted by Gasteiger charge is -2.25. The van der Waals surface area contributed by atoms with E-state index in [0.29, 0.717) is 6.07 Å². The Morgan fingerprint density at radius 3 is 1.37 bits per heavy atom. The van der Waals surface area contributed by atoms with Crippen molar-refractivity contribution in [2.45, 2.75) is 5.92 Å². The van der Waals surface area contributed by atoms with E-state index in [9.17, 15) is 39.5 Å². The van der Waals surface area contributed by atoms with E-state index >= 15 is 43.9 Å². The van der Waals surface area contributed by atoms with Gasteiger partial charge in [-0.1, -0.05) is 30.3 Å². The SMILES string of the molecule is Fc1ccc2ccccc2c1OB(Oc1c(F)c(F)c(F)c2c1C(F)(F)c1c(F)c(F)c(F)c(F)c1-2)c1c(F)c(F)c(F)c(F)c1-c1c(F)c(F)c(F)c(F)c1F. The molecule has 7 rings (SSSR count). The zero-order valence-electron chi connectivity index (χ0n) is 26.5. The topological polar surface area (TPSA) is 18.5 Å². The zero-order chi connectivity index (χ0) is 41.9. The van der Waals surface area contributed by atoms with Crippen molar-refractivity contribution in [1.29, 1.82) is 0 Å². The minimum atomic E-state index is -5.60. The van der Waals surface area contributed by atoms with E-state index in [1.807, 2.05) is 0 Å². The van der Waals surface area contributed by atoms with Gasteiger partial charge in [-0.15, -0.1) is 0 Å². The lowest BCUT2D eigenvalue weighted by Crippen LogP contribution is -2.48. The lowest BCUT2D eigenvalue weighted by molar-refractivity contribution is 0.0404. The minimum absolute atomic E-state index is 0.110. The molecule has 0 aliphatic heterocycles. The fourth-order valence-electron chi connectivity index (χ4n) is 6.20. The number of hydrogen-bond acceptors (Lipinski definition) is 2. The van der Waals surface area contributed by atoms with Crippen molar-refractivity contribution in [2.24, 2.45) is 0 Å². The molecule has 6 aromatic carbocycles. The van der Waals surface area contributed by atoms with Crippen LogP contribution in [-0.4, -0.2) is 7.12 Å². The predicted octanol–water partition coefficient (Wildman–Crippen LogP) is 10.8. The van der Waals surface area contributed by atoms with Gasteiger partial charge in [-0.2, -0.15) is 13.2 Å². The number of fused-ring (bicyclic) bond motifs is 4. The third-order valence-electron chi connectivity index (χ3n) is 8.71. The predicted molar refractivity (Wildman–Crippen MR) is 157 cm³/mol. The first kappa shape index (κ1) is 39.2. The first-order valence-electron chi connectivity index (χ1n) is 15.0. The molecule has 0 saturated heterocycles. The summed E-state index contributed by atoms with van der Waals surface area (Å²) in [6.45, 7) is 0. The molecule has 294 valence electrons. The highest BCUT2D eigenvalue weighted by atomic mass is 19.3. The fourth-order valence-corrected chi connectivity index (χ4v) is 6.20. The van der Waals surface area contributed by atoms with Crippen LogP contribution in [0.5, 0.6) is 11.5 Å². The van der Waals surface area contributed by atoms with E-state index in [2.05, 4.69) is 0 Å². The fraction of sp³-hybridized carbons (Fsp3) is 0.0286. The van der Waals surface area contributed by atoms with Gasteiger partial charge < -0.3 is 9.31 Å². The summed E-state index contributed by atoms with van der Waals surface area (Å²) in [5.74, 6) is -59.7. The van der Waals surface area contributed by atoms with Gasteiger partial charge in [0, 0.05) is 22.1 Å². The molecule has 0 saturated carbocycles. The van der Waals surface area contributed by atoms with Crippen molar-refractivity contribution in [3.8, 4) is 33.8 Å². The first-order valence-corrected chi connectivity index (χ1v) is 15.0. The van der Waals surface area contributed by atoms with Gasteiger partial charge in [0.2, 0.25) is 11.6 Å². The lowest BCUT2D eigenvalue weighted by atomic mass is 9.72. The molecule has 0 unspecified atom stereocenters. The van der Waals surface area contributed by atoms with Crippen LogP contribution >= 0.6 is 0 Å². The maximum Gasteiger partial charge on any atom is 0.636 e. The molecule has 22 heteroatoms. The maximum atomic E-state index is 16.0. The molecule has 57 heavy (non-hydrogen) atoms. The summed E-state index contributed by atoms with van der Waals surface area (Å²) in [7, 11) is -3.88. The standard InChI is InChI=1S/C35H6BF19O2/c37-9-6-5-7-3-1-2-4-8(7)33(9)56-36(16-12(19(40)25(46)30(51)23(16)44)13-20(41)26(47)31(52)27(48)21(13)42)57-34-15-11(18(39)28(49)32(34)53)10-14(35(15,54)55)22(43)29(50)24(45)17(10)38/h1-6H. The van der Waals surface area contributed by atoms with Gasteiger partial charge in [-0.25, -0.2) is 70.2 Å². The summed E-state index contributed by atoms with van der Waals surface area (Å²) >= 11 is 0. The highest BCUT2D eigenvalue weighted by Crippen LogP contribution is 2.58. The number of benzene rings is 6. The molecule has 0 amide bonds. The summed E-state index contributed by atoms with van der Waals surface area (Å²) < 4.78 is 296. The molecule has 0 fully saturated rings. The Balaban J connectivity index is 1.62. The molecule has 0 N–H and O–H groups in total. The smallest absolute Gasteiger partial charge is 0.519 e. The normalized spacial score (nSPS) is 13.0. The molecular formula is C35H6BF19O2. The third-order valence-corrected chi connectivity index (χ3v) is 8.71. The van der Waals surface area contributed by atoms with Crippen LogP contribution in [0, 0.1) is 98.9 Å². The van der Waals surface area contributed by atoms with Gasteiger partial charge in [0.1, 0.15) is 5.75 Å². The van der Waals surface area contributed by atoms with Crippen LogP contribution in [0.15, 0.2) is 36.4 Å². The summed E-state index contributed by atoms with van der Waals surface area (Å²) in [6.07, 6.45) is 0. The minimum Gasteiger partial charge on any atom is -0.519 e. The Labute approximate surface area is 302 Å². The van der Waals surface area contributed by atoms with E-state index in [1.165, 1.54) is 6.07 Å². The summed E-state index contributed by atoms with van der Waals surface area (Å²) in [5, 5.41) is -0.655. The zero-order valence-corrected chi connectivity index (χ0v) is 26.5. The van der Waals surface area contributed by atoms with Gasteiger partial charge in [-0.05, 0) is 11.5 Å². The van der Waals surface area contributed by atoms with Crippen LogP contribution in [0.2, 0.25) is 0 Å². The molecule has 1 aliphatic carbocycles. The molecule has 6 aromatic rings. The molecule has 1 aliphatic rings. The highest BCUT2D eigenvalue weighted by Gasteiger charge is 2.56. The number of halogens is 19. The summed E-state index contributed by atoms with van der Waals surface area (Å²) in [4.78, 5) is 0. The second-order valence-electron chi connectivity index (χ2n) is 11.8. The van der Waals surface area contributed by atoms with E-state index in [1.54, 1.807) is 0 Å². The van der Waals surface area contributed by atoms with Crippen molar-refractivity contribution < 1.29 is 92.7 Å². The van der Waals surface area contributed by atoms with Crippen LogP contribution in [0.4, 0.5) is 83.4 Å². The Kier molecular flexibility index (Phi) is 9.11. The van der Waals surface area contributed by atoms with Gasteiger partial charge in [0.05, 0.1) is 22.2 Å². The quantitative estimate of drug-likeness (QED) is 0.0721. The molecule has 0 radical (unpaired) electrons. The van der Waals surface area contributed by atoms with Crippen molar-refractivity contribution in [1.82, 2.24) is 0 Å². The van der Waals surface area contributed by atoms with Crippen LogP contribution < -0.4 is 14.8 Å². The summed E-state index contributed by atoms with van der Waals surface area (Å²) in [5.41, 5.74) is -17.9. The average molecular weight is 830 g/mol. The van der Waals surface area contributed by atoms with Crippen LogP contribution in [0.3, 0.4) is 0 Å².